The summed E-state index contributed by atoms with van der Waals surface area (Å²) in [6, 6.07) is 8.74. The Labute approximate surface area is 123 Å². The van der Waals surface area contributed by atoms with Gasteiger partial charge in [0.2, 0.25) is 0 Å². The fourth-order valence-electron chi connectivity index (χ4n) is 2.82. The molecule has 0 unspecified atom stereocenters. The molecule has 2 heterocycles. The molecule has 4 heteroatoms. The van der Waals surface area contributed by atoms with Crippen molar-refractivity contribution in [1.82, 2.24) is 4.98 Å². The van der Waals surface area contributed by atoms with Gasteiger partial charge in [-0.1, -0.05) is 29.8 Å². The van der Waals surface area contributed by atoms with Crippen molar-refractivity contribution in [2.75, 3.05) is 13.2 Å². The maximum Gasteiger partial charge on any atom is 0.104 e. The van der Waals surface area contributed by atoms with Crippen LogP contribution in [0.1, 0.15) is 34.7 Å². The van der Waals surface area contributed by atoms with E-state index in [-0.39, 0.29) is 12.0 Å². The zero-order valence-electron chi connectivity index (χ0n) is 11.6. The number of aromatic nitrogens is 1. The number of hydrogen-bond donors (Lipinski definition) is 1. The molecule has 3 nitrogen and oxygen atoms in total. The van der Waals surface area contributed by atoms with Gasteiger partial charge in [0.25, 0.3) is 0 Å². The summed E-state index contributed by atoms with van der Waals surface area (Å²) < 4.78 is 5.55. The van der Waals surface area contributed by atoms with Crippen LogP contribution >= 0.6 is 11.3 Å². The van der Waals surface area contributed by atoms with E-state index in [1.807, 2.05) is 5.38 Å². The van der Waals surface area contributed by atoms with Crippen molar-refractivity contribution in [3.63, 3.8) is 0 Å². The molecule has 1 aliphatic heterocycles. The van der Waals surface area contributed by atoms with Gasteiger partial charge in [-0.3, -0.25) is 0 Å². The van der Waals surface area contributed by atoms with Crippen LogP contribution in [0, 0.1) is 6.92 Å². The quantitative estimate of drug-likeness (QED) is 0.944. The molecule has 20 heavy (non-hydrogen) atoms. The molecule has 2 aromatic rings. The zero-order valence-corrected chi connectivity index (χ0v) is 12.4. The molecule has 0 spiro atoms. The molecule has 1 aromatic carbocycles. The predicted octanol–water partition coefficient (Wildman–Crippen LogP) is 3.04. The van der Waals surface area contributed by atoms with E-state index < -0.39 is 0 Å². The second-order valence-electron chi connectivity index (χ2n) is 5.36. The number of aliphatic hydroxyl groups excluding tert-OH is 1. The van der Waals surface area contributed by atoms with E-state index in [0.717, 1.165) is 36.8 Å². The van der Waals surface area contributed by atoms with Gasteiger partial charge in [-0.25, -0.2) is 4.98 Å². The largest absolute Gasteiger partial charge is 0.390 e. The summed E-state index contributed by atoms with van der Waals surface area (Å²) in [7, 11) is 0. The summed E-state index contributed by atoms with van der Waals surface area (Å²) in [5, 5.41) is 12.3. The van der Waals surface area contributed by atoms with Crippen LogP contribution in [-0.2, 0) is 16.8 Å². The van der Waals surface area contributed by atoms with Crippen molar-refractivity contribution in [2.24, 2.45) is 0 Å². The Hall–Kier alpha value is -1.23. The Morgan fingerprint density at radius 2 is 1.95 bits per heavy atom. The van der Waals surface area contributed by atoms with Crippen molar-refractivity contribution in [1.29, 1.82) is 0 Å². The lowest BCUT2D eigenvalue weighted by Gasteiger charge is -2.36. The molecule has 0 bridgehead atoms. The summed E-state index contributed by atoms with van der Waals surface area (Å²) in [6.07, 6.45) is 1.91. The van der Waals surface area contributed by atoms with Gasteiger partial charge in [0, 0.05) is 18.6 Å². The Bertz CT molecular complexity index is 570. The molecule has 0 radical (unpaired) electrons. The van der Waals surface area contributed by atoms with E-state index in [1.165, 1.54) is 11.1 Å². The Balaban J connectivity index is 2.05. The minimum atomic E-state index is -0.0516. The number of benzene rings is 1. The van der Waals surface area contributed by atoms with Crippen LogP contribution in [0.25, 0.3) is 0 Å². The number of aryl methyl sites for hydroxylation is 1. The highest BCUT2D eigenvalue weighted by atomic mass is 32.1. The lowest BCUT2D eigenvalue weighted by molar-refractivity contribution is 0.0629. The second-order valence-corrected chi connectivity index (χ2v) is 6.22. The second kappa shape index (κ2) is 5.64. The normalized spacial score (nSPS) is 18.1. The van der Waals surface area contributed by atoms with Gasteiger partial charge in [-0.05, 0) is 25.3 Å². The van der Waals surface area contributed by atoms with Gasteiger partial charge in [-0.2, -0.15) is 0 Å². The highest BCUT2D eigenvalue weighted by Gasteiger charge is 2.38. The average molecular weight is 289 g/mol. The minimum absolute atomic E-state index is 0.0109. The SMILES string of the molecule is Cc1ccc(C2(c3nc(CO)cs3)CCOCC2)cc1. The molecule has 1 aromatic heterocycles. The van der Waals surface area contributed by atoms with E-state index in [9.17, 15) is 5.11 Å². The molecule has 1 aliphatic rings. The van der Waals surface area contributed by atoms with Gasteiger partial charge in [0.05, 0.1) is 17.7 Å². The number of thiazole rings is 1. The summed E-state index contributed by atoms with van der Waals surface area (Å²) >= 11 is 1.65. The molecule has 3 rings (SSSR count). The number of ether oxygens (including phenoxy) is 1. The highest BCUT2D eigenvalue weighted by molar-refractivity contribution is 7.09. The fraction of sp³-hybridized carbons (Fsp3) is 0.438. The lowest BCUT2D eigenvalue weighted by Crippen LogP contribution is -2.35. The molecule has 1 saturated heterocycles. The third-order valence-corrected chi connectivity index (χ3v) is 5.17. The minimum Gasteiger partial charge on any atom is -0.390 e. The first-order valence-electron chi connectivity index (χ1n) is 6.95. The Kier molecular flexibility index (Phi) is 3.87. The summed E-state index contributed by atoms with van der Waals surface area (Å²) in [6.45, 7) is 3.65. The Morgan fingerprint density at radius 1 is 1.25 bits per heavy atom. The van der Waals surface area contributed by atoms with E-state index in [4.69, 9.17) is 4.74 Å². The monoisotopic (exact) mass is 289 g/mol. The van der Waals surface area contributed by atoms with Crippen LogP contribution < -0.4 is 0 Å². The summed E-state index contributed by atoms with van der Waals surface area (Å²) in [4.78, 5) is 4.64. The maximum atomic E-state index is 9.26. The zero-order chi connectivity index (χ0) is 14.0. The van der Waals surface area contributed by atoms with Crippen LogP contribution in [0.5, 0.6) is 0 Å². The predicted molar refractivity (Wildman–Crippen MR) is 80.0 cm³/mol. The van der Waals surface area contributed by atoms with Gasteiger partial charge in [0.15, 0.2) is 0 Å². The van der Waals surface area contributed by atoms with Crippen LogP contribution in [0.3, 0.4) is 0 Å². The fourth-order valence-corrected chi connectivity index (χ4v) is 3.91. The molecule has 1 N–H and O–H groups in total. The van der Waals surface area contributed by atoms with E-state index >= 15 is 0 Å². The first-order chi connectivity index (χ1) is 9.74. The molecule has 0 amide bonds. The first kappa shape index (κ1) is 13.7. The maximum absolute atomic E-state index is 9.26. The average Bonchev–Trinajstić information content (AvgIpc) is 2.98. The van der Waals surface area contributed by atoms with Crippen molar-refractivity contribution in [3.05, 3.63) is 51.5 Å². The Morgan fingerprint density at radius 3 is 2.55 bits per heavy atom. The van der Waals surface area contributed by atoms with Crippen molar-refractivity contribution in [3.8, 4) is 0 Å². The third-order valence-electron chi connectivity index (χ3n) is 4.07. The van der Waals surface area contributed by atoms with Crippen molar-refractivity contribution in [2.45, 2.75) is 31.8 Å². The van der Waals surface area contributed by atoms with Crippen molar-refractivity contribution >= 4 is 11.3 Å². The lowest BCUT2D eigenvalue weighted by atomic mass is 9.74. The third kappa shape index (κ3) is 2.39. The molecule has 0 atom stereocenters. The first-order valence-corrected chi connectivity index (χ1v) is 7.83. The molecule has 106 valence electrons. The number of hydrogen-bond acceptors (Lipinski definition) is 4. The number of aliphatic hydroxyl groups is 1. The topological polar surface area (TPSA) is 42.4 Å². The van der Waals surface area contributed by atoms with Gasteiger partial charge < -0.3 is 9.84 Å². The van der Waals surface area contributed by atoms with E-state index in [2.05, 4.69) is 36.2 Å². The number of nitrogens with zero attached hydrogens (tertiary/aromatic N) is 1. The standard InChI is InChI=1S/C16H19NO2S/c1-12-2-4-13(5-3-12)16(6-8-19-9-7-16)15-17-14(10-18)11-20-15/h2-5,11,18H,6-10H2,1H3. The summed E-state index contributed by atoms with van der Waals surface area (Å²) in [5.41, 5.74) is 3.30. The highest BCUT2D eigenvalue weighted by Crippen LogP contribution is 2.42. The van der Waals surface area contributed by atoms with Crippen LogP contribution in [0.2, 0.25) is 0 Å². The smallest absolute Gasteiger partial charge is 0.104 e. The van der Waals surface area contributed by atoms with Crippen molar-refractivity contribution < 1.29 is 9.84 Å². The van der Waals surface area contributed by atoms with Gasteiger partial charge in [-0.15, -0.1) is 11.3 Å². The van der Waals surface area contributed by atoms with Crippen LogP contribution in [0.4, 0.5) is 0 Å². The molecular weight excluding hydrogens is 270 g/mol. The van der Waals surface area contributed by atoms with Crippen LogP contribution in [-0.4, -0.2) is 23.3 Å². The number of rotatable bonds is 3. The molecule has 0 saturated carbocycles. The molecule has 0 aliphatic carbocycles. The molecular formula is C16H19NO2S. The van der Waals surface area contributed by atoms with Gasteiger partial charge in [0.1, 0.15) is 5.01 Å². The summed E-state index contributed by atoms with van der Waals surface area (Å²) in [5.74, 6) is 0. The van der Waals surface area contributed by atoms with E-state index in [0.29, 0.717) is 0 Å². The van der Waals surface area contributed by atoms with Crippen LogP contribution in [0.15, 0.2) is 29.6 Å². The van der Waals surface area contributed by atoms with Gasteiger partial charge >= 0.3 is 0 Å². The molecule has 1 fully saturated rings. The van der Waals surface area contributed by atoms with E-state index in [1.54, 1.807) is 11.3 Å².